The predicted octanol–water partition coefficient (Wildman–Crippen LogP) is 6.02. The first-order valence-electron chi connectivity index (χ1n) is 9.26. The van der Waals surface area contributed by atoms with E-state index in [0.717, 1.165) is 37.0 Å². The summed E-state index contributed by atoms with van der Waals surface area (Å²) < 4.78 is 0.793. The quantitative estimate of drug-likeness (QED) is 0.470. The van der Waals surface area contributed by atoms with Crippen LogP contribution in [0.2, 0.25) is 0 Å². The maximum Gasteiger partial charge on any atom is 0.264 e. The predicted molar refractivity (Wildman–Crippen MR) is 126 cm³/mol. The summed E-state index contributed by atoms with van der Waals surface area (Å²) in [7, 11) is 8.10. The Hall–Kier alpha value is -2.44. The van der Waals surface area contributed by atoms with Gasteiger partial charge in [-0.3, -0.25) is 9.69 Å². The zero-order chi connectivity index (χ0) is 20.7. The molecular weight excluding hydrogens is 446 g/mol. The van der Waals surface area contributed by atoms with Gasteiger partial charge in [-0.1, -0.05) is 23.9 Å². The van der Waals surface area contributed by atoms with Crippen LogP contribution in [0.5, 0.6) is 0 Å². The zero-order valence-electron chi connectivity index (χ0n) is 16.8. The van der Waals surface area contributed by atoms with Gasteiger partial charge in [0, 0.05) is 53.8 Å². The fourth-order valence-electron chi connectivity index (χ4n) is 3.32. The van der Waals surface area contributed by atoms with Crippen LogP contribution in [0.3, 0.4) is 0 Å². The Morgan fingerprint density at radius 2 is 1.34 bits per heavy atom. The summed E-state index contributed by atoms with van der Waals surface area (Å²) in [6.45, 7) is 0. The van der Waals surface area contributed by atoms with Gasteiger partial charge in [0.2, 0.25) is 0 Å². The third-order valence-electron chi connectivity index (χ3n) is 4.93. The number of carbonyl (C=O) groups excluding carboxylic acids is 1. The molecule has 0 saturated heterocycles. The van der Waals surface area contributed by atoms with Gasteiger partial charge < -0.3 is 9.80 Å². The number of amides is 1. The fourth-order valence-corrected chi connectivity index (χ4v) is 4.90. The van der Waals surface area contributed by atoms with Crippen LogP contribution in [0.1, 0.15) is 10.4 Å². The summed E-state index contributed by atoms with van der Waals surface area (Å²) in [6, 6.07) is 20.0. The monoisotopic (exact) mass is 467 g/mol. The van der Waals surface area contributed by atoms with Gasteiger partial charge in [0.05, 0.1) is 16.9 Å². The van der Waals surface area contributed by atoms with Gasteiger partial charge in [-0.05, 0) is 64.5 Å². The van der Waals surface area contributed by atoms with Crippen LogP contribution in [0.15, 0.2) is 74.9 Å². The maximum absolute atomic E-state index is 13.6. The molecule has 0 unspecified atom stereocenters. The van der Waals surface area contributed by atoms with E-state index in [1.54, 1.807) is 11.8 Å². The van der Waals surface area contributed by atoms with Crippen molar-refractivity contribution in [3.05, 3.63) is 70.7 Å². The fraction of sp³-hybridized carbons (Fsp3) is 0.174. The number of fused-ring (bicyclic) bond motifs is 2. The molecule has 0 spiro atoms. The van der Waals surface area contributed by atoms with Crippen LogP contribution in [-0.4, -0.2) is 34.1 Å². The van der Waals surface area contributed by atoms with E-state index in [4.69, 9.17) is 0 Å². The van der Waals surface area contributed by atoms with Crippen molar-refractivity contribution in [2.24, 2.45) is 0 Å². The second kappa shape index (κ2) is 7.76. The number of nitrogens with zero attached hydrogens (tertiary/aromatic N) is 3. The first kappa shape index (κ1) is 19.9. The molecule has 3 aromatic carbocycles. The van der Waals surface area contributed by atoms with E-state index in [2.05, 4.69) is 50.0 Å². The zero-order valence-corrected chi connectivity index (χ0v) is 19.2. The highest BCUT2D eigenvalue weighted by atomic mass is 79.9. The molecule has 29 heavy (non-hydrogen) atoms. The number of carbonyl (C=O) groups is 1. The minimum atomic E-state index is -0.0459. The molecule has 1 amide bonds. The molecule has 6 heteroatoms. The van der Waals surface area contributed by atoms with Gasteiger partial charge in [-0.2, -0.15) is 0 Å². The second-order valence-electron chi connectivity index (χ2n) is 7.32. The second-order valence-corrected chi connectivity index (χ2v) is 9.25. The summed E-state index contributed by atoms with van der Waals surface area (Å²) in [5.41, 5.74) is 4.68. The largest absolute Gasteiger partial charge is 0.378 e. The van der Waals surface area contributed by atoms with Gasteiger partial charge in [0.15, 0.2) is 0 Å². The molecule has 4 nitrogen and oxygen atoms in total. The highest BCUT2D eigenvalue weighted by Gasteiger charge is 2.30. The number of hydrogen-bond donors (Lipinski definition) is 0. The van der Waals surface area contributed by atoms with E-state index in [1.807, 2.05) is 69.5 Å². The van der Waals surface area contributed by atoms with Gasteiger partial charge in [0.25, 0.3) is 5.91 Å². The van der Waals surface area contributed by atoms with Gasteiger partial charge in [0.1, 0.15) is 0 Å². The molecule has 0 aromatic heterocycles. The highest BCUT2D eigenvalue weighted by molar-refractivity contribution is 9.10. The number of hydrogen-bond acceptors (Lipinski definition) is 4. The molecule has 1 heterocycles. The standard InChI is InChI=1S/C23H22BrN3OS/c1-25(2)15-9-11-19-21(13-15)29-22-14-16(26(3)4)10-12-20(22)27(19)23(28)17-7-5-6-8-18(17)24/h5-14H,1-4H3. The van der Waals surface area contributed by atoms with Crippen LogP contribution in [0.4, 0.5) is 22.7 Å². The Morgan fingerprint density at radius 3 is 1.83 bits per heavy atom. The molecule has 3 aromatic rings. The molecular formula is C23H22BrN3OS. The van der Waals surface area contributed by atoms with Gasteiger partial charge in [-0.15, -0.1) is 0 Å². The van der Waals surface area contributed by atoms with Crippen LogP contribution in [0.25, 0.3) is 0 Å². The van der Waals surface area contributed by atoms with Crippen LogP contribution < -0.4 is 14.7 Å². The molecule has 4 rings (SSSR count). The van der Waals surface area contributed by atoms with Crippen LogP contribution in [0, 0.1) is 0 Å². The third kappa shape index (κ3) is 3.63. The van der Waals surface area contributed by atoms with Crippen LogP contribution >= 0.6 is 27.7 Å². The molecule has 0 fully saturated rings. The lowest BCUT2D eigenvalue weighted by molar-refractivity contribution is 0.0997. The van der Waals surface area contributed by atoms with Gasteiger partial charge >= 0.3 is 0 Å². The average molecular weight is 468 g/mol. The average Bonchev–Trinajstić information content (AvgIpc) is 2.70. The molecule has 0 atom stereocenters. The number of halogens is 1. The molecule has 0 saturated carbocycles. The Bertz CT molecular complexity index is 1040. The Kier molecular flexibility index (Phi) is 5.32. The number of rotatable bonds is 3. The lowest BCUT2D eigenvalue weighted by Gasteiger charge is -2.33. The SMILES string of the molecule is CN(C)c1ccc2c(c1)Sc1cc(N(C)C)ccc1N2C(=O)c1ccccc1Br. The molecule has 148 valence electrons. The minimum absolute atomic E-state index is 0.0459. The lowest BCUT2D eigenvalue weighted by atomic mass is 10.1. The normalized spacial score (nSPS) is 12.2. The van der Waals surface area contributed by atoms with E-state index in [1.165, 1.54) is 0 Å². The minimum Gasteiger partial charge on any atom is -0.378 e. The Labute approximate surface area is 184 Å². The van der Waals surface area contributed by atoms with E-state index < -0.39 is 0 Å². The van der Waals surface area contributed by atoms with Crippen molar-refractivity contribution in [3.8, 4) is 0 Å². The smallest absolute Gasteiger partial charge is 0.264 e. The number of benzene rings is 3. The summed E-state index contributed by atoms with van der Waals surface area (Å²) in [5, 5.41) is 0. The Balaban J connectivity index is 1.90. The van der Waals surface area contributed by atoms with Crippen molar-refractivity contribution in [1.82, 2.24) is 0 Å². The number of anilines is 4. The van der Waals surface area contributed by atoms with Crippen molar-refractivity contribution >= 4 is 56.3 Å². The summed E-state index contributed by atoms with van der Waals surface area (Å²) in [5.74, 6) is -0.0459. The lowest BCUT2D eigenvalue weighted by Crippen LogP contribution is -2.29. The van der Waals surface area contributed by atoms with Crippen molar-refractivity contribution in [1.29, 1.82) is 0 Å². The van der Waals surface area contributed by atoms with Crippen molar-refractivity contribution in [2.45, 2.75) is 9.79 Å². The molecule has 0 aliphatic carbocycles. The molecule has 0 bridgehead atoms. The highest BCUT2D eigenvalue weighted by Crippen LogP contribution is 2.50. The molecule has 0 radical (unpaired) electrons. The van der Waals surface area contributed by atoms with Crippen molar-refractivity contribution in [3.63, 3.8) is 0 Å². The van der Waals surface area contributed by atoms with E-state index in [-0.39, 0.29) is 5.91 Å². The molecule has 1 aliphatic rings. The molecule has 1 aliphatic heterocycles. The van der Waals surface area contributed by atoms with E-state index in [0.29, 0.717) is 5.56 Å². The third-order valence-corrected chi connectivity index (χ3v) is 6.71. The van der Waals surface area contributed by atoms with Crippen molar-refractivity contribution in [2.75, 3.05) is 42.9 Å². The molecule has 0 N–H and O–H groups in total. The Morgan fingerprint density at radius 1 is 0.828 bits per heavy atom. The topological polar surface area (TPSA) is 26.8 Å². The first-order valence-corrected chi connectivity index (χ1v) is 10.9. The van der Waals surface area contributed by atoms with Crippen molar-refractivity contribution < 1.29 is 4.79 Å². The summed E-state index contributed by atoms with van der Waals surface area (Å²) >= 11 is 5.25. The summed E-state index contributed by atoms with van der Waals surface area (Å²) in [4.78, 5) is 21.8. The van der Waals surface area contributed by atoms with Gasteiger partial charge in [-0.25, -0.2) is 0 Å². The maximum atomic E-state index is 13.6. The first-order chi connectivity index (χ1) is 13.9. The summed E-state index contributed by atoms with van der Waals surface area (Å²) in [6.07, 6.45) is 0. The van der Waals surface area contributed by atoms with Crippen LogP contribution in [-0.2, 0) is 0 Å². The van der Waals surface area contributed by atoms with E-state index in [9.17, 15) is 4.79 Å². The van der Waals surface area contributed by atoms with E-state index >= 15 is 0 Å².